The van der Waals surface area contributed by atoms with E-state index >= 15 is 0 Å². The fourth-order valence-corrected chi connectivity index (χ4v) is 2.10. The maximum atomic E-state index is 9.23. The predicted molar refractivity (Wildman–Crippen MR) is 81.3 cm³/mol. The second-order valence-corrected chi connectivity index (χ2v) is 4.80. The molecule has 1 aromatic carbocycles. The fraction of sp³-hybridized carbons (Fsp3) is 0.176. The van der Waals surface area contributed by atoms with Crippen LogP contribution in [0, 0.1) is 11.8 Å². The molecule has 0 aliphatic rings. The van der Waals surface area contributed by atoms with Crippen LogP contribution >= 0.6 is 0 Å². The molecule has 5 nitrogen and oxygen atoms in total. The lowest BCUT2D eigenvalue weighted by molar-refractivity contribution is 0.401. The van der Waals surface area contributed by atoms with Gasteiger partial charge in [-0.05, 0) is 30.2 Å². The van der Waals surface area contributed by atoms with Gasteiger partial charge in [-0.15, -0.1) is 0 Å². The van der Waals surface area contributed by atoms with E-state index in [0.29, 0.717) is 12.3 Å². The van der Waals surface area contributed by atoms with E-state index in [1.54, 1.807) is 30.5 Å². The van der Waals surface area contributed by atoms with Crippen LogP contribution in [0.1, 0.15) is 29.8 Å². The van der Waals surface area contributed by atoms with Crippen molar-refractivity contribution in [2.24, 2.45) is 0 Å². The van der Waals surface area contributed by atoms with E-state index in [0.717, 1.165) is 23.5 Å². The van der Waals surface area contributed by atoms with Gasteiger partial charge in [-0.2, -0.15) is 0 Å². The third-order valence-electron chi connectivity index (χ3n) is 3.21. The first-order valence-corrected chi connectivity index (χ1v) is 7.01. The normalized spacial score (nSPS) is 10.2. The Bertz CT molecular complexity index is 819. The van der Waals surface area contributed by atoms with Crippen LogP contribution in [0.2, 0.25) is 0 Å². The highest BCUT2D eigenvalue weighted by Gasteiger charge is 2.05. The number of phenolic OH excluding ortho intramolecular Hbond substituents is 1. The van der Waals surface area contributed by atoms with Crippen molar-refractivity contribution in [3.8, 4) is 17.6 Å². The van der Waals surface area contributed by atoms with Gasteiger partial charge in [-0.3, -0.25) is 0 Å². The quantitative estimate of drug-likeness (QED) is 0.754. The standard InChI is InChI=1S/C17H15N3O2/c1-2-17-18-9-10-20(17)12-14-11-16(22-19-14)8-5-13-3-6-15(21)7-4-13/h3-4,6-7,9-11,21H,2,12H2,1H3. The fourth-order valence-electron chi connectivity index (χ4n) is 2.10. The van der Waals surface area contributed by atoms with Crippen LogP contribution < -0.4 is 0 Å². The van der Waals surface area contributed by atoms with E-state index in [4.69, 9.17) is 4.52 Å². The molecule has 3 rings (SSSR count). The van der Waals surface area contributed by atoms with Crippen LogP contribution in [0.4, 0.5) is 0 Å². The lowest BCUT2D eigenvalue weighted by Gasteiger charge is -2.02. The molecule has 0 atom stereocenters. The van der Waals surface area contributed by atoms with Gasteiger partial charge in [0.1, 0.15) is 17.3 Å². The zero-order valence-electron chi connectivity index (χ0n) is 12.2. The molecule has 0 radical (unpaired) electrons. The summed E-state index contributed by atoms with van der Waals surface area (Å²) in [5.41, 5.74) is 1.61. The van der Waals surface area contributed by atoms with Crippen LogP contribution in [0.25, 0.3) is 0 Å². The van der Waals surface area contributed by atoms with Gasteiger partial charge in [0.25, 0.3) is 0 Å². The van der Waals surface area contributed by atoms with Crippen molar-refractivity contribution in [2.45, 2.75) is 19.9 Å². The molecule has 2 heterocycles. The Kier molecular flexibility index (Phi) is 3.92. The maximum absolute atomic E-state index is 9.23. The van der Waals surface area contributed by atoms with Crippen molar-refractivity contribution >= 4 is 0 Å². The minimum Gasteiger partial charge on any atom is -0.508 e. The number of aromatic nitrogens is 3. The molecule has 0 amide bonds. The molecule has 110 valence electrons. The molecule has 0 aliphatic heterocycles. The van der Waals surface area contributed by atoms with Gasteiger partial charge < -0.3 is 14.2 Å². The smallest absolute Gasteiger partial charge is 0.210 e. The van der Waals surface area contributed by atoms with Crippen molar-refractivity contribution in [3.05, 3.63) is 65.6 Å². The molecule has 0 saturated heterocycles. The summed E-state index contributed by atoms with van der Waals surface area (Å²) in [7, 11) is 0. The van der Waals surface area contributed by atoms with Crippen molar-refractivity contribution < 1.29 is 9.63 Å². The van der Waals surface area contributed by atoms with Crippen LogP contribution in [-0.4, -0.2) is 19.8 Å². The van der Waals surface area contributed by atoms with Crippen LogP contribution in [-0.2, 0) is 13.0 Å². The monoisotopic (exact) mass is 293 g/mol. The second-order valence-electron chi connectivity index (χ2n) is 4.80. The van der Waals surface area contributed by atoms with E-state index in [1.165, 1.54) is 0 Å². The van der Waals surface area contributed by atoms with E-state index in [2.05, 4.69) is 28.9 Å². The molecular formula is C17H15N3O2. The van der Waals surface area contributed by atoms with Crippen molar-refractivity contribution in [1.29, 1.82) is 0 Å². The molecule has 5 heteroatoms. The number of aryl methyl sites for hydroxylation is 1. The number of rotatable bonds is 3. The second kappa shape index (κ2) is 6.19. The van der Waals surface area contributed by atoms with Crippen LogP contribution in [0.15, 0.2) is 47.2 Å². The Labute approximate surface area is 128 Å². The van der Waals surface area contributed by atoms with E-state index in [-0.39, 0.29) is 5.75 Å². The highest BCUT2D eigenvalue weighted by Crippen LogP contribution is 2.10. The average Bonchev–Trinajstić information content (AvgIpc) is 3.16. The average molecular weight is 293 g/mol. The maximum Gasteiger partial charge on any atom is 0.210 e. The lowest BCUT2D eigenvalue weighted by atomic mass is 10.2. The van der Waals surface area contributed by atoms with Crippen molar-refractivity contribution in [3.63, 3.8) is 0 Å². The summed E-state index contributed by atoms with van der Waals surface area (Å²) in [5.74, 6) is 7.64. The van der Waals surface area contributed by atoms with Crippen molar-refractivity contribution in [1.82, 2.24) is 14.7 Å². The Morgan fingerprint density at radius 3 is 2.82 bits per heavy atom. The number of phenols is 1. The largest absolute Gasteiger partial charge is 0.508 e. The summed E-state index contributed by atoms with van der Waals surface area (Å²) in [6.07, 6.45) is 4.58. The first kappa shape index (κ1) is 14.0. The Hall–Kier alpha value is -3.00. The SMILES string of the molecule is CCc1nccn1Cc1cc(C#Cc2ccc(O)cc2)on1. The lowest BCUT2D eigenvalue weighted by Crippen LogP contribution is -2.03. The summed E-state index contributed by atoms with van der Waals surface area (Å²) in [6, 6.07) is 8.52. The van der Waals surface area contributed by atoms with Gasteiger partial charge >= 0.3 is 0 Å². The highest BCUT2D eigenvalue weighted by atomic mass is 16.5. The van der Waals surface area contributed by atoms with Gasteiger partial charge in [-0.25, -0.2) is 4.98 Å². The molecule has 0 aliphatic carbocycles. The molecule has 3 aromatic rings. The van der Waals surface area contributed by atoms with E-state index < -0.39 is 0 Å². The van der Waals surface area contributed by atoms with Gasteiger partial charge in [-0.1, -0.05) is 18.0 Å². The minimum atomic E-state index is 0.222. The number of aromatic hydroxyl groups is 1. The third-order valence-corrected chi connectivity index (χ3v) is 3.21. The molecule has 1 N–H and O–H groups in total. The molecule has 2 aromatic heterocycles. The Morgan fingerprint density at radius 2 is 2.05 bits per heavy atom. The Morgan fingerprint density at radius 1 is 1.23 bits per heavy atom. The molecule has 22 heavy (non-hydrogen) atoms. The molecule has 0 saturated carbocycles. The van der Waals surface area contributed by atoms with Crippen molar-refractivity contribution in [2.75, 3.05) is 0 Å². The van der Waals surface area contributed by atoms with Gasteiger partial charge in [0, 0.05) is 30.4 Å². The molecule has 0 bridgehead atoms. The van der Waals surface area contributed by atoms with Crippen LogP contribution in [0.5, 0.6) is 5.75 Å². The topological polar surface area (TPSA) is 64.1 Å². The highest BCUT2D eigenvalue weighted by molar-refractivity contribution is 5.41. The molecule has 0 unspecified atom stereocenters. The first-order chi connectivity index (χ1) is 10.7. The summed E-state index contributed by atoms with van der Waals surface area (Å²) in [4.78, 5) is 4.28. The molecular weight excluding hydrogens is 278 g/mol. The number of nitrogens with zero attached hydrogens (tertiary/aromatic N) is 3. The van der Waals surface area contributed by atoms with Crippen LogP contribution in [0.3, 0.4) is 0 Å². The van der Waals surface area contributed by atoms with E-state index in [1.807, 2.05) is 16.8 Å². The van der Waals surface area contributed by atoms with Gasteiger partial charge in [0.15, 0.2) is 0 Å². The summed E-state index contributed by atoms with van der Waals surface area (Å²) in [6.45, 7) is 2.68. The third kappa shape index (κ3) is 3.18. The zero-order chi connectivity index (χ0) is 15.4. The van der Waals surface area contributed by atoms with Gasteiger partial charge in [0.05, 0.1) is 6.54 Å². The number of benzene rings is 1. The van der Waals surface area contributed by atoms with E-state index in [9.17, 15) is 5.11 Å². The summed E-state index contributed by atoms with van der Waals surface area (Å²) in [5, 5.41) is 13.3. The number of imidazole rings is 1. The van der Waals surface area contributed by atoms with Gasteiger partial charge in [0.2, 0.25) is 5.76 Å². The zero-order valence-corrected chi connectivity index (χ0v) is 12.2. The predicted octanol–water partition coefficient (Wildman–Crippen LogP) is 2.59. The summed E-state index contributed by atoms with van der Waals surface area (Å²) >= 11 is 0. The molecule has 0 spiro atoms. The summed E-state index contributed by atoms with van der Waals surface area (Å²) < 4.78 is 7.26. The molecule has 0 fully saturated rings. The minimum absolute atomic E-state index is 0.222. The Balaban J connectivity index is 1.73. The number of hydrogen-bond acceptors (Lipinski definition) is 4. The first-order valence-electron chi connectivity index (χ1n) is 7.01. The number of hydrogen-bond donors (Lipinski definition) is 1.